The van der Waals surface area contributed by atoms with E-state index >= 15 is 0 Å². The molecule has 0 aliphatic heterocycles. The first-order valence-electron chi connectivity index (χ1n) is 7.14. The zero-order valence-corrected chi connectivity index (χ0v) is 13.5. The third-order valence-corrected chi connectivity index (χ3v) is 3.48. The Morgan fingerprint density at radius 2 is 1.96 bits per heavy atom. The van der Waals surface area contributed by atoms with Gasteiger partial charge in [0.15, 0.2) is 0 Å². The molecule has 1 amide bonds. The van der Waals surface area contributed by atoms with E-state index in [2.05, 4.69) is 5.10 Å². The number of nitro groups is 1. The predicted octanol–water partition coefficient (Wildman–Crippen LogP) is 1.50. The number of amides is 1. The van der Waals surface area contributed by atoms with Gasteiger partial charge in [0.2, 0.25) is 5.69 Å². The highest BCUT2D eigenvalue weighted by molar-refractivity contribution is 5.98. The van der Waals surface area contributed by atoms with E-state index in [0.717, 1.165) is 9.58 Å². The van der Waals surface area contributed by atoms with Crippen molar-refractivity contribution in [1.82, 2.24) is 14.7 Å². The number of rotatable bonds is 6. The highest BCUT2D eigenvalue weighted by Gasteiger charge is 2.33. The Hall–Kier alpha value is -3.30. The highest BCUT2D eigenvalue weighted by atomic mass is 19.1. The smallest absolute Gasteiger partial charge is 0.323 e. The van der Waals surface area contributed by atoms with Crippen molar-refractivity contribution < 1.29 is 24.0 Å². The van der Waals surface area contributed by atoms with Gasteiger partial charge in [-0.05, 0) is 24.6 Å². The minimum atomic E-state index is -1.28. The summed E-state index contributed by atoms with van der Waals surface area (Å²) in [5.41, 5.74) is -0.252. The summed E-state index contributed by atoms with van der Waals surface area (Å²) in [4.78, 5) is 35.2. The van der Waals surface area contributed by atoms with Gasteiger partial charge in [-0.15, -0.1) is 0 Å². The molecule has 9 nitrogen and oxygen atoms in total. The number of carbonyl (C=O) groups excluding carboxylic acids is 1. The molecule has 0 spiro atoms. The number of carbonyl (C=O) groups is 2. The summed E-state index contributed by atoms with van der Waals surface area (Å²) in [7, 11) is 1.37. The fourth-order valence-electron chi connectivity index (χ4n) is 2.43. The van der Waals surface area contributed by atoms with Gasteiger partial charge in [0, 0.05) is 13.6 Å². The maximum atomic E-state index is 13.0. The largest absolute Gasteiger partial charge is 0.480 e. The first-order valence-corrected chi connectivity index (χ1v) is 7.14. The van der Waals surface area contributed by atoms with Gasteiger partial charge in [0.1, 0.15) is 18.1 Å². The van der Waals surface area contributed by atoms with Crippen LogP contribution in [0.1, 0.15) is 21.7 Å². The Morgan fingerprint density at radius 1 is 1.36 bits per heavy atom. The molecule has 0 unspecified atom stereocenters. The molecule has 0 aliphatic rings. The summed E-state index contributed by atoms with van der Waals surface area (Å²) in [6.07, 6.45) is 0. The van der Waals surface area contributed by atoms with E-state index in [1.54, 1.807) is 0 Å². The summed E-state index contributed by atoms with van der Waals surface area (Å²) in [5.74, 6) is -2.60. The second kappa shape index (κ2) is 7.07. The molecule has 25 heavy (non-hydrogen) atoms. The van der Waals surface area contributed by atoms with Crippen LogP contribution in [0.3, 0.4) is 0 Å². The summed E-state index contributed by atoms with van der Waals surface area (Å²) >= 11 is 0. The lowest BCUT2D eigenvalue weighted by Gasteiger charge is -2.20. The molecular formula is C15H15FN4O5. The van der Waals surface area contributed by atoms with Crippen molar-refractivity contribution >= 4 is 17.6 Å². The molecule has 1 N–H and O–H groups in total. The second-order valence-electron chi connectivity index (χ2n) is 5.34. The van der Waals surface area contributed by atoms with Crippen LogP contribution in [0.25, 0.3) is 0 Å². The highest BCUT2D eigenvalue weighted by Crippen LogP contribution is 2.24. The van der Waals surface area contributed by atoms with E-state index in [0.29, 0.717) is 5.56 Å². The van der Waals surface area contributed by atoms with Gasteiger partial charge in [-0.3, -0.25) is 24.4 Å². The van der Waals surface area contributed by atoms with Gasteiger partial charge in [-0.25, -0.2) is 4.39 Å². The topological polar surface area (TPSA) is 119 Å². The quantitative estimate of drug-likeness (QED) is 0.623. The average Bonchev–Trinajstić information content (AvgIpc) is 2.82. The molecule has 0 atom stereocenters. The van der Waals surface area contributed by atoms with Crippen LogP contribution in [0.15, 0.2) is 24.3 Å². The molecule has 1 aromatic carbocycles. The van der Waals surface area contributed by atoms with Crippen molar-refractivity contribution in [2.45, 2.75) is 13.5 Å². The Kier molecular flexibility index (Phi) is 5.11. The molecule has 10 heteroatoms. The van der Waals surface area contributed by atoms with Gasteiger partial charge in [-0.2, -0.15) is 5.10 Å². The minimum Gasteiger partial charge on any atom is -0.480 e. The number of halogens is 1. The fraction of sp³-hybridized carbons (Fsp3) is 0.267. The van der Waals surface area contributed by atoms with Crippen LogP contribution in [-0.2, 0) is 18.4 Å². The van der Waals surface area contributed by atoms with Gasteiger partial charge in [0.05, 0.1) is 4.92 Å². The molecule has 0 saturated carbocycles. The third-order valence-electron chi connectivity index (χ3n) is 3.48. The summed E-state index contributed by atoms with van der Waals surface area (Å²) in [5, 5.41) is 24.1. The van der Waals surface area contributed by atoms with Gasteiger partial charge in [0.25, 0.3) is 5.91 Å². The molecule has 0 bridgehead atoms. The third kappa shape index (κ3) is 3.97. The number of aromatic nitrogens is 2. The molecule has 0 aliphatic carbocycles. The van der Waals surface area contributed by atoms with Crippen LogP contribution >= 0.6 is 0 Å². The van der Waals surface area contributed by atoms with Crippen molar-refractivity contribution in [3.63, 3.8) is 0 Å². The SMILES string of the molecule is Cc1nn(C)c(C(=O)N(CC(=O)O)Cc2ccc(F)cc2)c1[N+](=O)[O-]. The minimum absolute atomic E-state index is 0.0490. The van der Waals surface area contributed by atoms with Gasteiger partial charge >= 0.3 is 11.7 Å². The summed E-state index contributed by atoms with van der Waals surface area (Å²) in [6, 6.07) is 5.16. The maximum absolute atomic E-state index is 13.0. The molecule has 132 valence electrons. The lowest BCUT2D eigenvalue weighted by atomic mass is 10.2. The molecule has 1 aromatic heterocycles. The van der Waals surface area contributed by atoms with Crippen molar-refractivity contribution in [2.75, 3.05) is 6.54 Å². The molecular weight excluding hydrogens is 335 g/mol. The van der Waals surface area contributed by atoms with E-state index in [1.165, 1.54) is 38.2 Å². The van der Waals surface area contributed by atoms with Crippen molar-refractivity contribution in [2.24, 2.45) is 7.05 Å². The molecule has 2 aromatic rings. The number of nitrogens with zero attached hydrogens (tertiary/aromatic N) is 4. The Labute approximate surface area is 141 Å². The summed E-state index contributed by atoms with van der Waals surface area (Å²) < 4.78 is 14.0. The van der Waals surface area contributed by atoms with Crippen molar-refractivity contribution in [3.8, 4) is 0 Å². The van der Waals surface area contributed by atoms with Crippen LogP contribution in [0, 0.1) is 22.9 Å². The van der Waals surface area contributed by atoms with E-state index < -0.39 is 34.8 Å². The van der Waals surface area contributed by atoms with Crippen molar-refractivity contribution in [3.05, 3.63) is 57.1 Å². The standard InChI is InChI=1S/C15H15FN4O5/c1-9-13(20(24)25)14(18(2)17-9)15(23)19(8-12(21)22)7-10-3-5-11(16)6-4-10/h3-6H,7-8H2,1-2H3,(H,21,22). The molecule has 0 fully saturated rings. The van der Waals surface area contributed by atoms with Crippen LogP contribution in [-0.4, -0.2) is 43.1 Å². The predicted molar refractivity (Wildman–Crippen MR) is 83.4 cm³/mol. The molecule has 1 heterocycles. The zero-order chi connectivity index (χ0) is 18.7. The first kappa shape index (κ1) is 18.0. The van der Waals surface area contributed by atoms with Gasteiger partial charge in [-0.1, -0.05) is 12.1 Å². The molecule has 0 radical (unpaired) electrons. The van der Waals surface area contributed by atoms with Crippen LogP contribution in [0.2, 0.25) is 0 Å². The number of hydrogen-bond donors (Lipinski definition) is 1. The lowest BCUT2D eigenvalue weighted by Crippen LogP contribution is -2.36. The molecule has 2 rings (SSSR count). The van der Waals surface area contributed by atoms with Crippen LogP contribution in [0.4, 0.5) is 10.1 Å². The monoisotopic (exact) mass is 350 g/mol. The number of aliphatic carboxylic acids is 1. The van der Waals surface area contributed by atoms with E-state index in [4.69, 9.17) is 5.11 Å². The first-order chi connectivity index (χ1) is 11.7. The fourth-order valence-corrected chi connectivity index (χ4v) is 2.43. The Balaban J connectivity index is 2.41. The van der Waals surface area contributed by atoms with Crippen LogP contribution < -0.4 is 0 Å². The zero-order valence-electron chi connectivity index (χ0n) is 13.5. The summed E-state index contributed by atoms with van der Waals surface area (Å²) in [6.45, 7) is 0.570. The number of carboxylic acid groups (broad SMARTS) is 1. The molecule has 0 saturated heterocycles. The maximum Gasteiger partial charge on any atom is 0.323 e. The van der Waals surface area contributed by atoms with E-state index in [1.807, 2.05) is 0 Å². The lowest BCUT2D eigenvalue weighted by molar-refractivity contribution is -0.385. The number of carboxylic acids is 1. The Morgan fingerprint density at radius 3 is 2.48 bits per heavy atom. The average molecular weight is 350 g/mol. The van der Waals surface area contributed by atoms with Crippen LogP contribution in [0.5, 0.6) is 0 Å². The van der Waals surface area contributed by atoms with E-state index in [9.17, 15) is 24.1 Å². The van der Waals surface area contributed by atoms with Gasteiger partial charge < -0.3 is 10.0 Å². The number of benzene rings is 1. The second-order valence-corrected chi connectivity index (χ2v) is 5.34. The Bertz CT molecular complexity index is 831. The van der Waals surface area contributed by atoms with Crippen molar-refractivity contribution in [1.29, 1.82) is 0 Å². The normalized spacial score (nSPS) is 10.5. The van der Waals surface area contributed by atoms with E-state index in [-0.39, 0.29) is 17.9 Å². The number of aryl methyl sites for hydroxylation is 2. The number of hydrogen-bond acceptors (Lipinski definition) is 5.